The Bertz CT molecular complexity index is 906. The van der Waals surface area contributed by atoms with Crippen LogP contribution in [0.3, 0.4) is 0 Å². The number of carbonyl (C=O) groups is 1. The van der Waals surface area contributed by atoms with Crippen molar-refractivity contribution in [3.05, 3.63) is 58.6 Å². The minimum absolute atomic E-state index is 0.182. The van der Waals surface area contributed by atoms with Crippen molar-refractivity contribution in [1.82, 2.24) is 4.31 Å². The predicted molar refractivity (Wildman–Crippen MR) is 98.6 cm³/mol. The van der Waals surface area contributed by atoms with Crippen LogP contribution >= 0.6 is 11.6 Å². The van der Waals surface area contributed by atoms with Gasteiger partial charge in [-0.3, -0.25) is 4.79 Å². The molecule has 2 aromatic carbocycles. The average molecular weight is 379 g/mol. The molecule has 1 heterocycles. The van der Waals surface area contributed by atoms with E-state index in [-0.39, 0.29) is 10.5 Å². The molecule has 3 rings (SSSR count). The van der Waals surface area contributed by atoms with Gasteiger partial charge in [0.25, 0.3) is 5.91 Å². The number of halogens is 1. The summed E-state index contributed by atoms with van der Waals surface area (Å²) in [5.41, 5.74) is 1.39. The maximum absolute atomic E-state index is 12.8. The van der Waals surface area contributed by atoms with E-state index in [4.69, 9.17) is 11.6 Å². The van der Waals surface area contributed by atoms with Gasteiger partial charge >= 0.3 is 0 Å². The van der Waals surface area contributed by atoms with Crippen LogP contribution in [-0.2, 0) is 10.0 Å². The lowest BCUT2D eigenvalue weighted by molar-refractivity contribution is 0.102. The molecular weight excluding hydrogens is 360 g/mol. The first kappa shape index (κ1) is 17.9. The molecule has 0 spiro atoms. The monoisotopic (exact) mass is 378 g/mol. The van der Waals surface area contributed by atoms with Crippen LogP contribution in [0.2, 0.25) is 5.02 Å². The molecule has 1 fully saturated rings. The van der Waals surface area contributed by atoms with Crippen molar-refractivity contribution >= 4 is 33.2 Å². The minimum atomic E-state index is -3.58. The normalized spacial score (nSPS) is 15.3. The zero-order valence-corrected chi connectivity index (χ0v) is 15.4. The van der Waals surface area contributed by atoms with E-state index in [9.17, 15) is 13.2 Å². The van der Waals surface area contributed by atoms with Crippen molar-refractivity contribution in [2.75, 3.05) is 18.4 Å². The second kappa shape index (κ2) is 7.15. The van der Waals surface area contributed by atoms with Gasteiger partial charge < -0.3 is 5.32 Å². The number of hydrogen-bond donors (Lipinski definition) is 1. The van der Waals surface area contributed by atoms with Gasteiger partial charge in [0.1, 0.15) is 0 Å². The summed E-state index contributed by atoms with van der Waals surface area (Å²) >= 11 is 6.05. The third-order valence-electron chi connectivity index (χ3n) is 4.26. The van der Waals surface area contributed by atoms with Gasteiger partial charge in [-0.05, 0) is 49.6 Å². The SMILES string of the molecule is Cc1ccc(C(=O)Nc2ccccc2Cl)cc1S(=O)(=O)N1CCCC1. The Labute approximate surface area is 152 Å². The van der Waals surface area contributed by atoms with Crippen molar-refractivity contribution in [2.24, 2.45) is 0 Å². The molecule has 2 aromatic rings. The molecule has 0 saturated carbocycles. The van der Waals surface area contributed by atoms with E-state index in [0.717, 1.165) is 12.8 Å². The summed E-state index contributed by atoms with van der Waals surface area (Å²) < 4.78 is 27.1. The summed E-state index contributed by atoms with van der Waals surface area (Å²) in [4.78, 5) is 12.7. The van der Waals surface area contributed by atoms with Crippen molar-refractivity contribution in [3.63, 3.8) is 0 Å². The van der Waals surface area contributed by atoms with Crippen LogP contribution in [-0.4, -0.2) is 31.7 Å². The first-order valence-electron chi connectivity index (χ1n) is 8.06. The Kier molecular flexibility index (Phi) is 5.13. The van der Waals surface area contributed by atoms with Gasteiger partial charge in [-0.1, -0.05) is 29.8 Å². The van der Waals surface area contributed by atoms with Gasteiger partial charge in [-0.2, -0.15) is 4.31 Å². The highest BCUT2D eigenvalue weighted by molar-refractivity contribution is 7.89. The lowest BCUT2D eigenvalue weighted by Gasteiger charge is -2.18. The molecule has 1 saturated heterocycles. The quantitative estimate of drug-likeness (QED) is 0.882. The van der Waals surface area contributed by atoms with Gasteiger partial charge in [0.15, 0.2) is 0 Å². The fourth-order valence-electron chi connectivity index (χ4n) is 2.84. The summed E-state index contributed by atoms with van der Waals surface area (Å²) in [6.45, 7) is 2.79. The number of hydrogen-bond acceptors (Lipinski definition) is 3. The lowest BCUT2D eigenvalue weighted by Crippen LogP contribution is -2.28. The van der Waals surface area contributed by atoms with E-state index in [1.54, 1.807) is 43.3 Å². The van der Waals surface area contributed by atoms with Gasteiger partial charge in [0.05, 0.1) is 15.6 Å². The molecule has 132 valence electrons. The molecule has 0 aliphatic carbocycles. The molecule has 1 N–H and O–H groups in total. The standard InChI is InChI=1S/C18H19ClN2O3S/c1-13-8-9-14(18(22)20-16-7-3-2-6-15(16)19)12-17(13)25(23,24)21-10-4-5-11-21/h2-3,6-9,12H,4-5,10-11H2,1H3,(H,20,22). The summed E-state index contributed by atoms with van der Waals surface area (Å²) in [6.07, 6.45) is 1.73. The average Bonchev–Trinajstić information content (AvgIpc) is 3.12. The Morgan fingerprint density at radius 3 is 2.48 bits per heavy atom. The molecule has 0 radical (unpaired) electrons. The van der Waals surface area contributed by atoms with Crippen LogP contribution in [0.1, 0.15) is 28.8 Å². The van der Waals surface area contributed by atoms with Crippen molar-refractivity contribution in [1.29, 1.82) is 0 Å². The van der Waals surface area contributed by atoms with Gasteiger partial charge in [-0.25, -0.2) is 8.42 Å². The number of anilines is 1. The highest BCUT2D eigenvalue weighted by Crippen LogP contribution is 2.26. The molecule has 1 amide bonds. The molecule has 7 heteroatoms. The van der Waals surface area contributed by atoms with Crippen LogP contribution in [0, 0.1) is 6.92 Å². The largest absolute Gasteiger partial charge is 0.321 e. The first-order valence-corrected chi connectivity index (χ1v) is 9.88. The highest BCUT2D eigenvalue weighted by atomic mass is 35.5. The molecular formula is C18H19ClN2O3S. The Morgan fingerprint density at radius 2 is 1.80 bits per heavy atom. The van der Waals surface area contributed by atoms with E-state index in [2.05, 4.69) is 5.32 Å². The molecule has 25 heavy (non-hydrogen) atoms. The smallest absolute Gasteiger partial charge is 0.255 e. The number of nitrogens with one attached hydrogen (secondary N) is 1. The number of para-hydroxylation sites is 1. The molecule has 0 atom stereocenters. The lowest BCUT2D eigenvalue weighted by atomic mass is 10.1. The molecule has 0 bridgehead atoms. The molecule has 1 aliphatic rings. The molecule has 5 nitrogen and oxygen atoms in total. The van der Waals surface area contributed by atoms with Gasteiger partial charge in [0.2, 0.25) is 10.0 Å². The van der Waals surface area contributed by atoms with Crippen LogP contribution < -0.4 is 5.32 Å². The van der Waals surface area contributed by atoms with E-state index in [1.807, 2.05) is 0 Å². The number of carbonyl (C=O) groups excluding carboxylic acids is 1. The zero-order chi connectivity index (χ0) is 18.0. The summed E-state index contributed by atoms with van der Waals surface area (Å²) in [5.74, 6) is -0.397. The zero-order valence-electron chi connectivity index (χ0n) is 13.8. The number of aryl methyl sites for hydroxylation is 1. The second-order valence-corrected chi connectivity index (χ2v) is 8.34. The van der Waals surface area contributed by atoms with E-state index in [1.165, 1.54) is 10.4 Å². The van der Waals surface area contributed by atoms with E-state index in [0.29, 0.717) is 29.4 Å². The maximum Gasteiger partial charge on any atom is 0.255 e. The number of nitrogens with zero attached hydrogens (tertiary/aromatic N) is 1. The first-order chi connectivity index (χ1) is 11.9. The number of rotatable bonds is 4. The van der Waals surface area contributed by atoms with Gasteiger partial charge in [0, 0.05) is 18.7 Å². The predicted octanol–water partition coefficient (Wildman–Crippen LogP) is 3.69. The van der Waals surface area contributed by atoms with E-state index < -0.39 is 15.9 Å². The maximum atomic E-state index is 12.8. The summed E-state index contributed by atoms with van der Waals surface area (Å²) in [6, 6.07) is 11.6. The van der Waals surface area contributed by atoms with Crippen LogP contribution in [0.25, 0.3) is 0 Å². The summed E-state index contributed by atoms with van der Waals surface area (Å²) in [5, 5.41) is 3.14. The third-order valence-corrected chi connectivity index (χ3v) is 6.63. The Morgan fingerprint density at radius 1 is 1.12 bits per heavy atom. The van der Waals surface area contributed by atoms with E-state index >= 15 is 0 Å². The molecule has 0 unspecified atom stereocenters. The Hall–Kier alpha value is -1.89. The highest BCUT2D eigenvalue weighted by Gasteiger charge is 2.29. The second-order valence-electron chi connectivity index (χ2n) is 6.03. The molecule has 0 aromatic heterocycles. The number of amides is 1. The fourth-order valence-corrected chi connectivity index (χ4v) is 4.79. The van der Waals surface area contributed by atoms with Crippen LogP contribution in [0.5, 0.6) is 0 Å². The summed E-state index contributed by atoms with van der Waals surface area (Å²) in [7, 11) is -3.58. The minimum Gasteiger partial charge on any atom is -0.321 e. The number of sulfonamides is 1. The van der Waals surface area contributed by atoms with Crippen molar-refractivity contribution < 1.29 is 13.2 Å². The van der Waals surface area contributed by atoms with Crippen molar-refractivity contribution in [3.8, 4) is 0 Å². The third kappa shape index (κ3) is 3.71. The van der Waals surface area contributed by atoms with Crippen molar-refractivity contribution in [2.45, 2.75) is 24.7 Å². The topological polar surface area (TPSA) is 66.5 Å². The molecule has 1 aliphatic heterocycles. The van der Waals surface area contributed by atoms with Gasteiger partial charge in [-0.15, -0.1) is 0 Å². The fraction of sp³-hybridized carbons (Fsp3) is 0.278. The van der Waals surface area contributed by atoms with Crippen LogP contribution in [0.15, 0.2) is 47.4 Å². The Balaban J connectivity index is 1.91. The van der Waals surface area contributed by atoms with Crippen LogP contribution in [0.4, 0.5) is 5.69 Å². The number of benzene rings is 2.